The predicted octanol–water partition coefficient (Wildman–Crippen LogP) is 5.45. The van der Waals surface area contributed by atoms with Crippen LogP contribution in [0, 0.1) is 0 Å². The average molecular weight is 468 g/mol. The Bertz CT molecular complexity index is 1500. The number of aromatic amines is 1. The summed E-state index contributed by atoms with van der Waals surface area (Å²) in [5.74, 6) is 0.132. The van der Waals surface area contributed by atoms with Gasteiger partial charge in [-0.3, -0.25) is 14.3 Å². The first-order valence-electron chi connectivity index (χ1n) is 9.80. The normalized spacial score (nSPS) is 11.8. The summed E-state index contributed by atoms with van der Waals surface area (Å²) in [6.45, 7) is 0. The summed E-state index contributed by atoms with van der Waals surface area (Å²) in [6.07, 6.45) is -1.40. The minimum atomic E-state index is -4.80. The SMILES string of the molecule is O=c1c2[nH]c3ccccc3c2nc(SCc2cccnc2)n1-c1ccc(OC(F)(F)F)cc1. The predicted molar refractivity (Wildman–Crippen MR) is 120 cm³/mol. The summed E-state index contributed by atoms with van der Waals surface area (Å²) in [6, 6.07) is 16.3. The van der Waals surface area contributed by atoms with Crippen LogP contribution in [-0.4, -0.2) is 25.9 Å². The first kappa shape index (κ1) is 21.1. The van der Waals surface area contributed by atoms with Crippen LogP contribution >= 0.6 is 11.8 Å². The number of benzene rings is 2. The quantitative estimate of drug-likeness (QED) is 0.274. The summed E-state index contributed by atoms with van der Waals surface area (Å²) in [4.78, 5) is 25.5. The molecule has 0 spiro atoms. The molecule has 2 aromatic carbocycles. The Labute approximate surface area is 189 Å². The molecule has 5 aromatic rings. The van der Waals surface area contributed by atoms with Gasteiger partial charge in [-0.05, 0) is 42.0 Å². The van der Waals surface area contributed by atoms with Crippen molar-refractivity contribution in [3.63, 3.8) is 0 Å². The van der Waals surface area contributed by atoms with E-state index in [-0.39, 0.29) is 11.3 Å². The van der Waals surface area contributed by atoms with Gasteiger partial charge in [0.05, 0.1) is 5.69 Å². The van der Waals surface area contributed by atoms with E-state index in [1.165, 1.54) is 40.6 Å². The number of ether oxygens (including phenoxy) is 1. The molecule has 10 heteroatoms. The Morgan fingerprint density at radius 2 is 1.82 bits per heavy atom. The lowest BCUT2D eigenvalue weighted by atomic mass is 10.2. The lowest BCUT2D eigenvalue weighted by molar-refractivity contribution is -0.274. The maximum absolute atomic E-state index is 13.5. The number of hydrogen-bond acceptors (Lipinski definition) is 5. The van der Waals surface area contributed by atoms with E-state index in [9.17, 15) is 18.0 Å². The number of H-pyrrole nitrogens is 1. The number of aromatic nitrogens is 4. The number of para-hydroxylation sites is 1. The van der Waals surface area contributed by atoms with Gasteiger partial charge in [0.2, 0.25) is 0 Å². The highest BCUT2D eigenvalue weighted by Crippen LogP contribution is 2.29. The van der Waals surface area contributed by atoms with Crippen molar-refractivity contribution in [2.75, 3.05) is 0 Å². The van der Waals surface area contributed by atoms with Gasteiger partial charge in [-0.25, -0.2) is 4.98 Å². The number of halogens is 3. The maximum atomic E-state index is 13.5. The summed E-state index contributed by atoms with van der Waals surface area (Å²) in [5, 5.41) is 1.22. The van der Waals surface area contributed by atoms with Crippen molar-refractivity contribution in [2.24, 2.45) is 0 Å². The summed E-state index contributed by atoms with van der Waals surface area (Å²) >= 11 is 1.34. The minimum Gasteiger partial charge on any atom is -0.406 e. The third-order valence-electron chi connectivity index (χ3n) is 4.91. The molecule has 1 N–H and O–H groups in total. The number of pyridine rings is 1. The monoisotopic (exact) mass is 468 g/mol. The van der Waals surface area contributed by atoms with E-state index in [0.29, 0.717) is 27.6 Å². The largest absolute Gasteiger partial charge is 0.573 e. The van der Waals surface area contributed by atoms with Crippen LogP contribution in [0.2, 0.25) is 0 Å². The van der Waals surface area contributed by atoms with E-state index in [1.54, 1.807) is 12.4 Å². The second kappa shape index (κ2) is 8.28. The van der Waals surface area contributed by atoms with Crippen molar-refractivity contribution >= 4 is 33.7 Å². The topological polar surface area (TPSA) is 72.8 Å². The second-order valence-corrected chi connectivity index (χ2v) is 8.06. The molecule has 5 rings (SSSR count). The molecular weight excluding hydrogens is 453 g/mol. The Morgan fingerprint density at radius 3 is 2.55 bits per heavy atom. The highest BCUT2D eigenvalue weighted by Gasteiger charge is 2.31. The van der Waals surface area contributed by atoms with Crippen LogP contribution in [0.1, 0.15) is 5.56 Å². The molecule has 0 aliphatic heterocycles. The Balaban J connectivity index is 1.64. The Morgan fingerprint density at radius 1 is 1.03 bits per heavy atom. The fourth-order valence-electron chi connectivity index (χ4n) is 3.50. The second-order valence-electron chi connectivity index (χ2n) is 7.12. The van der Waals surface area contributed by atoms with Crippen LogP contribution in [0.3, 0.4) is 0 Å². The summed E-state index contributed by atoms with van der Waals surface area (Å²) in [5.41, 5.74) is 2.59. The van der Waals surface area contributed by atoms with Gasteiger partial charge in [-0.1, -0.05) is 36.0 Å². The Hall–Kier alpha value is -3.79. The van der Waals surface area contributed by atoms with Gasteiger partial charge in [-0.2, -0.15) is 0 Å². The van der Waals surface area contributed by atoms with Gasteiger partial charge in [0.15, 0.2) is 5.16 Å². The molecule has 0 aliphatic rings. The van der Waals surface area contributed by atoms with Crippen molar-refractivity contribution in [2.45, 2.75) is 17.3 Å². The van der Waals surface area contributed by atoms with Crippen molar-refractivity contribution in [3.05, 3.63) is 89.0 Å². The number of hydrogen-bond donors (Lipinski definition) is 1. The third-order valence-corrected chi connectivity index (χ3v) is 5.92. The molecule has 0 atom stereocenters. The number of alkyl halides is 3. The van der Waals surface area contributed by atoms with Crippen LogP contribution in [0.25, 0.3) is 27.6 Å². The zero-order valence-corrected chi connectivity index (χ0v) is 17.7. The average Bonchev–Trinajstić information content (AvgIpc) is 3.17. The summed E-state index contributed by atoms with van der Waals surface area (Å²) < 4.78 is 42.9. The number of fused-ring (bicyclic) bond motifs is 3. The first-order chi connectivity index (χ1) is 15.9. The molecule has 3 aromatic heterocycles. The molecule has 0 amide bonds. The lowest BCUT2D eigenvalue weighted by Crippen LogP contribution is -2.22. The third kappa shape index (κ3) is 4.29. The lowest BCUT2D eigenvalue weighted by Gasteiger charge is -2.13. The van der Waals surface area contributed by atoms with Gasteiger partial charge >= 0.3 is 6.36 Å². The Kier molecular flexibility index (Phi) is 5.29. The van der Waals surface area contributed by atoms with E-state index in [1.807, 2.05) is 36.4 Å². The summed E-state index contributed by atoms with van der Waals surface area (Å²) in [7, 11) is 0. The van der Waals surface area contributed by atoms with E-state index in [0.717, 1.165) is 16.5 Å². The van der Waals surface area contributed by atoms with Gasteiger partial charge in [0.25, 0.3) is 5.56 Å². The molecule has 0 fully saturated rings. The molecule has 0 bridgehead atoms. The van der Waals surface area contributed by atoms with Crippen LogP contribution in [-0.2, 0) is 5.75 Å². The van der Waals surface area contributed by atoms with Gasteiger partial charge in [0.1, 0.15) is 16.8 Å². The van der Waals surface area contributed by atoms with E-state index >= 15 is 0 Å². The molecule has 3 heterocycles. The smallest absolute Gasteiger partial charge is 0.406 e. The molecule has 6 nitrogen and oxygen atoms in total. The zero-order chi connectivity index (χ0) is 23.0. The molecule has 33 heavy (non-hydrogen) atoms. The van der Waals surface area contributed by atoms with Crippen LogP contribution in [0.4, 0.5) is 13.2 Å². The van der Waals surface area contributed by atoms with E-state index < -0.39 is 6.36 Å². The van der Waals surface area contributed by atoms with Crippen LogP contribution in [0.5, 0.6) is 5.75 Å². The molecule has 0 saturated heterocycles. The van der Waals surface area contributed by atoms with Gasteiger partial charge < -0.3 is 9.72 Å². The first-order valence-corrected chi connectivity index (χ1v) is 10.8. The van der Waals surface area contributed by atoms with Crippen LogP contribution in [0.15, 0.2) is 83.0 Å². The molecule has 0 unspecified atom stereocenters. The van der Waals surface area contributed by atoms with E-state index in [2.05, 4.69) is 14.7 Å². The number of nitrogens with zero attached hydrogens (tertiary/aromatic N) is 3. The van der Waals surface area contributed by atoms with Gasteiger partial charge in [-0.15, -0.1) is 13.2 Å². The van der Waals surface area contributed by atoms with E-state index in [4.69, 9.17) is 4.98 Å². The minimum absolute atomic E-state index is 0.317. The molecule has 166 valence electrons. The molecular formula is C23H15F3N4O2S. The molecule has 0 saturated carbocycles. The molecule has 0 aliphatic carbocycles. The van der Waals surface area contributed by atoms with Gasteiger partial charge in [0, 0.05) is 29.0 Å². The highest BCUT2D eigenvalue weighted by atomic mass is 32.2. The maximum Gasteiger partial charge on any atom is 0.573 e. The number of rotatable bonds is 5. The van der Waals surface area contributed by atoms with Crippen molar-refractivity contribution in [1.82, 2.24) is 19.5 Å². The highest BCUT2D eigenvalue weighted by molar-refractivity contribution is 7.98. The molecule has 0 radical (unpaired) electrons. The standard InChI is InChI=1S/C23H15F3N4O2S/c24-23(25,26)32-16-9-7-15(8-10-16)30-21(31)20-19(17-5-1-2-6-18(17)28-20)29-22(30)33-13-14-4-3-11-27-12-14/h1-12,28H,13H2. The number of thioether (sulfide) groups is 1. The van der Waals surface area contributed by atoms with Crippen molar-refractivity contribution < 1.29 is 17.9 Å². The number of nitrogens with one attached hydrogen (secondary N) is 1. The fourth-order valence-corrected chi connectivity index (χ4v) is 4.43. The fraction of sp³-hybridized carbons (Fsp3) is 0.0870. The van der Waals surface area contributed by atoms with Crippen molar-refractivity contribution in [1.29, 1.82) is 0 Å². The van der Waals surface area contributed by atoms with Crippen LogP contribution < -0.4 is 10.3 Å². The zero-order valence-electron chi connectivity index (χ0n) is 16.8. The van der Waals surface area contributed by atoms with Crippen molar-refractivity contribution in [3.8, 4) is 11.4 Å².